The van der Waals surface area contributed by atoms with E-state index in [-0.39, 0.29) is 22.5 Å². The minimum absolute atomic E-state index is 0.0694. The Morgan fingerprint density at radius 2 is 2.15 bits per heavy atom. The highest BCUT2D eigenvalue weighted by Crippen LogP contribution is 2.20. The van der Waals surface area contributed by atoms with Crippen LogP contribution in [0.25, 0.3) is 0 Å². The van der Waals surface area contributed by atoms with Crippen LogP contribution < -0.4 is 0 Å². The molecule has 13 heavy (non-hydrogen) atoms. The summed E-state index contributed by atoms with van der Waals surface area (Å²) in [5, 5.41) is -0.209. The van der Waals surface area contributed by atoms with Gasteiger partial charge in [0.25, 0.3) is 0 Å². The summed E-state index contributed by atoms with van der Waals surface area (Å²) < 4.78 is 12.8. The third kappa shape index (κ3) is 2.64. The standard InChI is InChI=1S/C8H6Cl2FNO/c1-4(13)2-5-3-6(11)8(10)12-7(5)9/h3H,2H2,1H3. The number of Topliss-reactive ketones (excluding diaryl/α,β-unsaturated/α-hetero) is 1. The summed E-state index contributed by atoms with van der Waals surface area (Å²) in [6.45, 7) is 1.39. The fourth-order valence-electron chi connectivity index (χ4n) is 0.876. The van der Waals surface area contributed by atoms with Crippen molar-refractivity contribution < 1.29 is 9.18 Å². The van der Waals surface area contributed by atoms with Crippen LogP contribution in [0.2, 0.25) is 10.3 Å². The quantitative estimate of drug-likeness (QED) is 0.720. The number of carbonyl (C=O) groups is 1. The average molecular weight is 222 g/mol. The number of halogens is 3. The summed E-state index contributed by atoms with van der Waals surface area (Å²) in [7, 11) is 0. The lowest BCUT2D eigenvalue weighted by Crippen LogP contribution is -1.99. The molecule has 0 atom stereocenters. The molecule has 0 aliphatic carbocycles. The summed E-state index contributed by atoms with van der Waals surface area (Å²) in [6, 6.07) is 1.12. The number of hydrogen-bond acceptors (Lipinski definition) is 2. The first kappa shape index (κ1) is 10.4. The highest BCUT2D eigenvalue weighted by molar-refractivity contribution is 6.33. The highest BCUT2D eigenvalue weighted by Gasteiger charge is 2.09. The van der Waals surface area contributed by atoms with E-state index in [1.54, 1.807) is 0 Å². The van der Waals surface area contributed by atoms with Crippen molar-refractivity contribution in [3.8, 4) is 0 Å². The normalized spacial score (nSPS) is 10.2. The van der Waals surface area contributed by atoms with E-state index in [4.69, 9.17) is 23.2 Å². The number of rotatable bonds is 2. The first-order chi connectivity index (χ1) is 6.00. The van der Waals surface area contributed by atoms with Crippen molar-refractivity contribution in [3.63, 3.8) is 0 Å². The number of aromatic nitrogens is 1. The molecule has 0 saturated carbocycles. The summed E-state index contributed by atoms with van der Waals surface area (Å²) in [5.74, 6) is -0.771. The van der Waals surface area contributed by atoms with Gasteiger partial charge in [-0.2, -0.15) is 0 Å². The van der Waals surface area contributed by atoms with Crippen LogP contribution in [0.4, 0.5) is 4.39 Å². The average Bonchev–Trinajstić information content (AvgIpc) is 1.99. The maximum Gasteiger partial charge on any atom is 0.166 e. The lowest BCUT2D eigenvalue weighted by Gasteiger charge is -2.01. The minimum Gasteiger partial charge on any atom is -0.300 e. The fourth-order valence-corrected chi connectivity index (χ4v) is 1.26. The molecule has 0 spiro atoms. The zero-order valence-corrected chi connectivity index (χ0v) is 8.29. The molecule has 5 heteroatoms. The number of carbonyl (C=O) groups excluding carboxylic acids is 1. The van der Waals surface area contributed by atoms with Crippen LogP contribution in [0.15, 0.2) is 6.07 Å². The van der Waals surface area contributed by atoms with E-state index in [0.717, 1.165) is 6.07 Å². The van der Waals surface area contributed by atoms with Crippen LogP contribution >= 0.6 is 23.2 Å². The third-order valence-electron chi connectivity index (χ3n) is 1.40. The van der Waals surface area contributed by atoms with Crippen LogP contribution in [0.1, 0.15) is 12.5 Å². The van der Waals surface area contributed by atoms with Gasteiger partial charge in [0.15, 0.2) is 11.0 Å². The zero-order valence-electron chi connectivity index (χ0n) is 6.77. The number of hydrogen-bond donors (Lipinski definition) is 0. The van der Waals surface area contributed by atoms with Gasteiger partial charge in [-0.3, -0.25) is 4.79 Å². The highest BCUT2D eigenvalue weighted by atomic mass is 35.5. The number of ketones is 1. The maximum atomic E-state index is 12.8. The number of nitrogens with zero attached hydrogens (tertiary/aromatic N) is 1. The predicted octanol–water partition coefficient (Wildman–Crippen LogP) is 2.66. The zero-order chi connectivity index (χ0) is 10.0. The van der Waals surface area contributed by atoms with E-state index >= 15 is 0 Å². The summed E-state index contributed by atoms with van der Waals surface area (Å²) in [4.78, 5) is 14.2. The van der Waals surface area contributed by atoms with Crippen LogP contribution in [0.5, 0.6) is 0 Å². The molecule has 0 N–H and O–H groups in total. The lowest BCUT2D eigenvalue weighted by atomic mass is 10.1. The molecule has 0 radical (unpaired) electrons. The van der Waals surface area contributed by atoms with E-state index in [0.29, 0.717) is 5.56 Å². The van der Waals surface area contributed by atoms with E-state index in [1.807, 2.05) is 0 Å². The van der Waals surface area contributed by atoms with E-state index in [1.165, 1.54) is 6.92 Å². The van der Waals surface area contributed by atoms with Crippen molar-refractivity contribution in [2.24, 2.45) is 0 Å². The van der Waals surface area contributed by atoms with Gasteiger partial charge in [-0.15, -0.1) is 0 Å². The Morgan fingerprint density at radius 3 is 2.69 bits per heavy atom. The fraction of sp³-hybridized carbons (Fsp3) is 0.250. The molecule has 0 bridgehead atoms. The Morgan fingerprint density at radius 1 is 1.54 bits per heavy atom. The molecule has 0 unspecified atom stereocenters. The third-order valence-corrected chi connectivity index (χ3v) is 1.99. The van der Waals surface area contributed by atoms with Crippen molar-refractivity contribution in [1.82, 2.24) is 4.98 Å². The molecule has 0 fully saturated rings. The van der Waals surface area contributed by atoms with Gasteiger partial charge in [-0.25, -0.2) is 9.37 Å². The molecule has 0 amide bonds. The second-order valence-corrected chi connectivity index (χ2v) is 3.31. The molecule has 1 aromatic rings. The molecule has 0 aliphatic rings. The Balaban J connectivity index is 3.08. The Kier molecular flexibility index (Phi) is 3.22. The molecular weight excluding hydrogens is 216 g/mol. The predicted molar refractivity (Wildman–Crippen MR) is 48.6 cm³/mol. The van der Waals surface area contributed by atoms with E-state index in [2.05, 4.69) is 4.98 Å². The van der Waals surface area contributed by atoms with Gasteiger partial charge in [0, 0.05) is 6.42 Å². The molecule has 0 aliphatic heterocycles. The van der Waals surface area contributed by atoms with Gasteiger partial charge in [-0.05, 0) is 18.6 Å². The van der Waals surface area contributed by atoms with Gasteiger partial charge < -0.3 is 0 Å². The monoisotopic (exact) mass is 221 g/mol. The lowest BCUT2D eigenvalue weighted by molar-refractivity contribution is -0.116. The molecule has 2 nitrogen and oxygen atoms in total. The van der Waals surface area contributed by atoms with Crippen LogP contribution in [0, 0.1) is 5.82 Å². The summed E-state index contributed by atoms with van der Waals surface area (Å²) in [6.07, 6.45) is 0.0694. The Hall–Kier alpha value is -0.670. The minimum atomic E-state index is -0.665. The second-order valence-electron chi connectivity index (χ2n) is 2.59. The first-order valence-corrected chi connectivity index (χ1v) is 4.26. The van der Waals surface area contributed by atoms with Crippen molar-refractivity contribution >= 4 is 29.0 Å². The van der Waals surface area contributed by atoms with Gasteiger partial charge in [0.1, 0.15) is 10.9 Å². The van der Waals surface area contributed by atoms with Crippen molar-refractivity contribution in [3.05, 3.63) is 27.8 Å². The molecule has 1 heterocycles. The molecule has 0 saturated heterocycles. The molecule has 70 valence electrons. The smallest absolute Gasteiger partial charge is 0.166 e. The topological polar surface area (TPSA) is 30.0 Å². The van der Waals surface area contributed by atoms with Gasteiger partial charge in [-0.1, -0.05) is 23.2 Å². The van der Waals surface area contributed by atoms with Gasteiger partial charge in [0.2, 0.25) is 0 Å². The first-order valence-electron chi connectivity index (χ1n) is 3.50. The van der Waals surface area contributed by atoms with Crippen LogP contribution in [-0.2, 0) is 11.2 Å². The van der Waals surface area contributed by atoms with E-state index < -0.39 is 5.82 Å². The van der Waals surface area contributed by atoms with Crippen LogP contribution in [-0.4, -0.2) is 10.8 Å². The molecular formula is C8H6Cl2FNO. The maximum absolute atomic E-state index is 12.8. The van der Waals surface area contributed by atoms with Gasteiger partial charge >= 0.3 is 0 Å². The Bertz CT molecular complexity index is 354. The molecule has 1 aromatic heterocycles. The second kappa shape index (κ2) is 4.03. The largest absolute Gasteiger partial charge is 0.300 e. The molecule has 1 rings (SSSR count). The molecule has 0 aromatic carbocycles. The Labute approximate surface area is 84.7 Å². The SMILES string of the molecule is CC(=O)Cc1cc(F)c(Cl)nc1Cl. The van der Waals surface area contributed by atoms with Gasteiger partial charge in [0.05, 0.1) is 0 Å². The summed E-state index contributed by atoms with van der Waals surface area (Å²) in [5.41, 5.74) is 0.357. The van der Waals surface area contributed by atoms with Crippen molar-refractivity contribution in [2.45, 2.75) is 13.3 Å². The van der Waals surface area contributed by atoms with Crippen molar-refractivity contribution in [2.75, 3.05) is 0 Å². The number of pyridine rings is 1. The van der Waals surface area contributed by atoms with E-state index in [9.17, 15) is 9.18 Å². The van der Waals surface area contributed by atoms with Crippen LogP contribution in [0.3, 0.4) is 0 Å². The van der Waals surface area contributed by atoms with Crippen molar-refractivity contribution in [1.29, 1.82) is 0 Å². The summed E-state index contributed by atoms with van der Waals surface area (Å²) >= 11 is 11.0.